The number of halogens is 1. The smallest absolute Gasteiger partial charge is 0.176 e. The van der Waals surface area contributed by atoms with Gasteiger partial charge in [-0.25, -0.2) is 0 Å². The van der Waals surface area contributed by atoms with E-state index in [1.807, 2.05) is 19.9 Å². The van der Waals surface area contributed by atoms with Crippen molar-refractivity contribution in [2.75, 3.05) is 13.7 Å². The second-order valence-corrected chi connectivity index (χ2v) is 4.83. The van der Waals surface area contributed by atoms with Crippen molar-refractivity contribution in [1.29, 1.82) is 0 Å². The van der Waals surface area contributed by atoms with Crippen molar-refractivity contribution in [2.45, 2.75) is 25.9 Å². The van der Waals surface area contributed by atoms with Crippen LogP contribution in [0.1, 0.15) is 29.8 Å². The summed E-state index contributed by atoms with van der Waals surface area (Å²) in [6.45, 7) is 4.03. The summed E-state index contributed by atoms with van der Waals surface area (Å²) < 4.78 is 11.1. The number of nitrogens with two attached hydrogens (primary N) is 1. The van der Waals surface area contributed by atoms with Gasteiger partial charge in [0.25, 0.3) is 0 Å². The molecule has 0 fully saturated rings. The molecule has 0 amide bonds. The Morgan fingerprint density at radius 2 is 2.17 bits per heavy atom. The lowest BCUT2D eigenvalue weighted by Crippen LogP contribution is -2.24. The average Bonchev–Trinajstić information content (AvgIpc) is 2.60. The van der Waals surface area contributed by atoms with E-state index in [9.17, 15) is 4.79 Å². The number of Topliss-reactive ketones (excluding diaryl/α,β-unsaturated/α-hetero) is 1. The first-order valence-electron chi connectivity index (χ1n) is 5.60. The standard InChI is InChI=1S/C13H17NO3.ClH/c1-13(2)6-9-4-8(10(15)7-14)5-11(16-3)12(9)17-13;/h4-5H,6-7,14H2,1-3H3;1H. The number of fused-ring (bicyclic) bond motifs is 1. The summed E-state index contributed by atoms with van der Waals surface area (Å²) in [5.74, 6) is 1.26. The Morgan fingerprint density at radius 3 is 2.72 bits per heavy atom. The summed E-state index contributed by atoms with van der Waals surface area (Å²) in [4.78, 5) is 11.6. The fourth-order valence-corrected chi connectivity index (χ4v) is 2.11. The molecule has 4 nitrogen and oxygen atoms in total. The van der Waals surface area contributed by atoms with Gasteiger partial charge >= 0.3 is 0 Å². The van der Waals surface area contributed by atoms with Gasteiger partial charge in [0.05, 0.1) is 13.7 Å². The van der Waals surface area contributed by atoms with Gasteiger partial charge in [-0.2, -0.15) is 0 Å². The van der Waals surface area contributed by atoms with Crippen LogP contribution in [0.15, 0.2) is 12.1 Å². The van der Waals surface area contributed by atoms with Crippen LogP contribution in [-0.4, -0.2) is 25.0 Å². The summed E-state index contributed by atoms with van der Waals surface area (Å²) in [5.41, 5.74) is 6.72. The predicted octanol–water partition coefficient (Wildman–Crippen LogP) is 1.97. The molecule has 0 bridgehead atoms. The van der Waals surface area contributed by atoms with Crippen LogP contribution < -0.4 is 15.2 Å². The third-order valence-corrected chi connectivity index (χ3v) is 2.85. The highest BCUT2D eigenvalue weighted by Crippen LogP contribution is 2.42. The van der Waals surface area contributed by atoms with Crippen molar-refractivity contribution in [3.05, 3.63) is 23.3 Å². The molecule has 0 radical (unpaired) electrons. The molecule has 0 saturated heterocycles. The van der Waals surface area contributed by atoms with E-state index < -0.39 is 0 Å². The molecule has 0 saturated carbocycles. The van der Waals surface area contributed by atoms with E-state index in [0.29, 0.717) is 11.3 Å². The summed E-state index contributed by atoms with van der Waals surface area (Å²) in [6.07, 6.45) is 0.768. The molecule has 100 valence electrons. The molecule has 2 N–H and O–H groups in total. The lowest BCUT2D eigenvalue weighted by Gasteiger charge is -2.17. The Hall–Kier alpha value is -1.26. The lowest BCUT2D eigenvalue weighted by atomic mass is 9.98. The number of ketones is 1. The number of carbonyl (C=O) groups excluding carboxylic acids is 1. The van der Waals surface area contributed by atoms with Crippen LogP contribution in [0.5, 0.6) is 11.5 Å². The van der Waals surface area contributed by atoms with Crippen molar-refractivity contribution in [1.82, 2.24) is 0 Å². The van der Waals surface area contributed by atoms with Crippen molar-refractivity contribution in [3.8, 4) is 11.5 Å². The van der Waals surface area contributed by atoms with E-state index in [4.69, 9.17) is 15.2 Å². The maximum atomic E-state index is 11.6. The van der Waals surface area contributed by atoms with Gasteiger partial charge in [0.2, 0.25) is 0 Å². The highest BCUT2D eigenvalue weighted by Gasteiger charge is 2.33. The van der Waals surface area contributed by atoms with Gasteiger partial charge in [-0.05, 0) is 26.0 Å². The summed E-state index contributed by atoms with van der Waals surface area (Å²) in [6, 6.07) is 3.54. The molecule has 0 atom stereocenters. The quantitative estimate of drug-likeness (QED) is 0.854. The summed E-state index contributed by atoms with van der Waals surface area (Å²) in [5, 5.41) is 0. The SMILES string of the molecule is COc1cc(C(=O)CN)cc2c1OC(C)(C)C2.Cl. The van der Waals surface area contributed by atoms with Crippen LogP contribution in [0.2, 0.25) is 0 Å². The Kier molecular flexibility index (Phi) is 4.24. The molecule has 0 unspecified atom stereocenters. The van der Waals surface area contributed by atoms with Crippen LogP contribution >= 0.6 is 12.4 Å². The van der Waals surface area contributed by atoms with Crippen LogP contribution in [0.4, 0.5) is 0 Å². The van der Waals surface area contributed by atoms with Crippen LogP contribution in [0, 0.1) is 0 Å². The Labute approximate surface area is 113 Å². The highest BCUT2D eigenvalue weighted by molar-refractivity contribution is 5.98. The molecule has 1 aliphatic heterocycles. The zero-order valence-corrected chi connectivity index (χ0v) is 11.6. The third kappa shape index (κ3) is 2.60. The molecule has 5 heteroatoms. The van der Waals surface area contributed by atoms with Crippen molar-refractivity contribution in [3.63, 3.8) is 0 Å². The molecule has 1 aromatic carbocycles. The lowest BCUT2D eigenvalue weighted by molar-refractivity contribution is 0.100. The molecule has 1 heterocycles. The number of carbonyl (C=O) groups is 1. The number of benzene rings is 1. The minimum atomic E-state index is -0.250. The molecule has 0 aliphatic carbocycles. The van der Waals surface area contributed by atoms with Gasteiger partial charge in [-0.15, -0.1) is 12.4 Å². The van der Waals surface area contributed by atoms with Gasteiger partial charge in [-0.3, -0.25) is 4.79 Å². The van der Waals surface area contributed by atoms with Gasteiger partial charge in [0.15, 0.2) is 17.3 Å². The van der Waals surface area contributed by atoms with Crippen LogP contribution in [-0.2, 0) is 6.42 Å². The van der Waals surface area contributed by atoms with E-state index >= 15 is 0 Å². The highest BCUT2D eigenvalue weighted by atomic mass is 35.5. The average molecular weight is 272 g/mol. The minimum absolute atomic E-state index is 0. The Bertz CT molecular complexity index is 472. The van der Waals surface area contributed by atoms with Crippen LogP contribution in [0.25, 0.3) is 0 Å². The zero-order chi connectivity index (χ0) is 12.6. The second-order valence-electron chi connectivity index (χ2n) is 4.83. The molecule has 2 rings (SSSR count). The maximum Gasteiger partial charge on any atom is 0.176 e. The first-order valence-corrected chi connectivity index (χ1v) is 5.60. The van der Waals surface area contributed by atoms with E-state index in [0.717, 1.165) is 17.7 Å². The zero-order valence-electron chi connectivity index (χ0n) is 10.8. The number of methoxy groups -OCH3 is 1. The number of hydrogen-bond acceptors (Lipinski definition) is 4. The monoisotopic (exact) mass is 271 g/mol. The predicted molar refractivity (Wildman–Crippen MR) is 72.0 cm³/mol. The normalized spacial score (nSPS) is 15.3. The third-order valence-electron chi connectivity index (χ3n) is 2.85. The number of hydrogen-bond donors (Lipinski definition) is 1. The molecule has 1 aromatic rings. The molecular weight excluding hydrogens is 254 g/mol. The first kappa shape index (κ1) is 14.8. The largest absolute Gasteiger partial charge is 0.493 e. The van der Waals surface area contributed by atoms with Crippen molar-refractivity contribution < 1.29 is 14.3 Å². The van der Waals surface area contributed by atoms with Gasteiger partial charge in [-0.1, -0.05) is 0 Å². The summed E-state index contributed by atoms with van der Waals surface area (Å²) >= 11 is 0. The Balaban J connectivity index is 0.00000162. The van der Waals surface area contributed by atoms with Crippen molar-refractivity contribution >= 4 is 18.2 Å². The number of ether oxygens (including phenoxy) is 2. The van der Waals surface area contributed by atoms with E-state index in [1.54, 1.807) is 13.2 Å². The van der Waals surface area contributed by atoms with E-state index in [-0.39, 0.29) is 30.3 Å². The first-order chi connectivity index (χ1) is 7.96. The minimum Gasteiger partial charge on any atom is -0.493 e. The summed E-state index contributed by atoms with van der Waals surface area (Å²) in [7, 11) is 1.57. The van der Waals surface area contributed by atoms with Gasteiger partial charge in [0.1, 0.15) is 5.60 Å². The fraction of sp³-hybridized carbons (Fsp3) is 0.462. The van der Waals surface area contributed by atoms with E-state index in [2.05, 4.69) is 0 Å². The van der Waals surface area contributed by atoms with E-state index in [1.165, 1.54) is 0 Å². The number of rotatable bonds is 3. The van der Waals surface area contributed by atoms with Crippen molar-refractivity contribution in [2.24, 2.45) is 5.73 Å². The Morgan fingerprint density at radius 1 is 1.50 bits per heavy atom. The van der Waals surface area contributed by atoms with Crippen LogP contribution in [0.3, 0.4) is 0 Å². The molecule has 1 aliphatic rings. The second kappa shape index (κ2) is 5.16. The fourth-order valence-electron chi connectivity index (χ4n) is 2.11. The van der Waals surface area contributed by atoms with Gasteiger partial charge < -0.3 is 15.2 Å². The maximum absolute atomic E-state index is 11.6. The molecular formula is C13H18ClNO3. The topological polar surface area (TPSA) is 61.5 Å². The molecule has 0 aromatic heterocycles. The van der Waals surface area contributed by atoms with Gasteiger partial charge in [0, 0.05) is 17.5 Å². The molecule has 18 heavy (non-hydrogen) atoms. The molecule has 0 spiro atoms.